The molecule has 3 aliphatic carbocycles. The Bertz CT molecular complexity index is 2280. The summed E-state index contributed by atoms with van der Waals surface area (Å²) in [5.74, 6) is 0. The Morgan fingerprint density at radius 1 is 0.337 bits per heavy atom. The lowest BCUT2D eigenvalue weighted by Crippen LogP contribution is -2.69. The van der Waals surface area contributed by atoms with E-state index < -0.39 is 259 Å². The molecule has 5 heterocycles. The third-order valence-corrected chi connectivity index (χ3v) is 17.4. The van der Waals surface area contributed by atoms with Gasteiger partial charge in [0.05, 0.1) is 87.6 Å². The Balaban J connectivity index is 0.857. The van der Waals surface area contributed by atoms with Crippen molar-refractivity contribution in [3.63, 3.8) is 0 Å². The number of nitrogens with one attached hydrogen (secondary N) is 3. The highest BCUT2D eigenvalue weighted by atomic mass is 16.8. The van der Waals surface area contributed by atoms with Crippen molar-refractivity contribution < 1.29 is 160 Å². The van der Waals surface area contributed by atoms with Crippen LogP contribution in [0.25, 0.3) is 0 Å². The molecule has 35 heteroatoms. The van der Waals surface area contributed by atoms with Crippen molar-refractivity contribution in [1.29, 1.82) is 0 Å². The summed E-state index contributed by atoms with van der Waals surface area (Å²) in [6.07, 6.45) is -50.1. The zero-order valence-corrected chi connectivity index (χ0v) is 46.6. The van der Waals surface area contributed by atoms with Gasteiger partial charge in [-0.2, -0.15) is 0 Å². The molecule has 0 radical (unpaired) electrons. The van der Waals surface area contributed by atoms with Crippen molar-refractivity contribution in [2.75, 3.05) is 33.0 Å². The summed E-state index contributed by atoms with van der Waals surface area (Å²) in [5.41, 5.74) is -0.269. The quantitative estimate of drug-likeness (QED) is 0.0534. The highest BCUT2D eigenvalue weighted by Crippen LogP contribution is 2.37. The van der Waals surface area contributed by atoms with Crippen LogP contribution in [-0.4, -0.2) is 377 Å². The van der Waals surface area contributed by atoms with Crippen LogP contribution in [0.3, 0.4) is 0 Å². The lowest BCUT2D eigenvalue weighted by atomic mass is 9.86. The normalized spacial score (nSPS) is 52.3. The summed E-state index contributed by atoms with van der Waals surface area (Å²) in [7, 11) is 0. The Hall–Kier alpha value is -2.18. The van der Waals surface area contributed by atoms with Crippen molar-refractivity contribution in [2.45, 2.75) is 247 Å². The van der Waals surface area contributed by atoms with Crippen LogP contribution in [0.1, 0.15) is 20.8 Å². The van der Waals surface area contributed by atoms with Crippen LogP contribution in [0.5, 0.6) is 0 Å². The Morgan fingerprint density at radius 2 is 0.651 bits per heavy atom. The van der Waals surface area contributed by atoms with E-state index in [-0.39, 0.29) is 16.7 Å². The first kappa shape index (κ1) is 69.7. The smallest absolute Gasteiger partial charge is 0.187 e. The highest BCUT2D eigenvalue weighted by molar-refractivity contribution is 5.25. The molecule has 8 aliphatic rings. The largest absolute Gasteiger partial charge is 0.394 e. The van der Waals surface area contributed by atoms with E-state index in [1.54, 1.807) is 0 Å². The molecule has 0 bridgehead atoms. The molecule has 8 rings (SSSR count). The maximum Gasteiger partial charge on any atom is 0.187 e. The van der Waals surface area contributed by atoms with Gasteiger partial charge in [-0.15, -0.1) is 0 Å². The first-order valence-electron chi connectivity index (χ1n) is 28.2. The summed E-state index contributed by atoms with van der Waals surface area (Å²) in [5, 5.41) is 257. The van der Waals surface area contributed by atoms with E-state index in [1.807, 2.05) is 0 Å². The second-order valence-corrected chi connectivity index (χ2v) is 23.1. The molecule has 0 aromatic rings. The average Bonchev–Trinajstić information content (AvgIpc) is 1.05. The zero-order valence-electron chi connectivity index (χ0n) is 46.6. The van der Waals surface area contributed by atoms with E-state index in [9.17, 15) is 117 Å². The first-order valence-corrected chi connectivity index (χ1v) is 28.2. The van der Waals surface area contributed by atoms with E-state index in [4.69, 9.17) is 42.6 Å². The highest BCUT2D eigenvalue weighted by Gasteiger charge is 2.56. The summed E-state index contributed by atoms with van der Waals surface area (Å²) in [6.45, 7) is 0.0499. The van der Waals surface area contributed by atoms with Crippen molar-refractivity contribution in [3.05, 3.63) is 34.9 Å². The van der Waals surface area contributed by atoms with Gasteiger partial charge in [-0.25, -0.2) is 0 Å². The minimum absolute atomic E-state index is 0.0252. The van der Waals surface area contributed by atoms with Gasteiger partial charge in [-0.05, 0) is 37.5 Å². The molecule has 26 N–H and O–H groups in total. The number of ether oxygens (including phenoxy) is 9. The van der Waals surface area contributed by atoms with Crippen molar-refractivity contribution in [3.8, 4) is 0 Å². The van der Waals surface area contributed by atoms with E-state index in [1.165, 1.54) is 39.0 Å². The van der Waals surface area contributed by atoms with E-state index in [0.717, 1.165) is 0 Å². The molecule has 0 aromatic heterocycles. The Labute approximate surface area is 490 Å². The van der Waals surface area contributed by atoms with E-state index in [0.29, 0.717) is 0 Å². The van der Waals surface area contributed by atoms with Gasteiger partial charge in [0.1, 0.15) is 140 Å². The number of hydrogen-bond donors (Lipinski definition) is 26. The van der Waals surface area contributed by atoms with Crippen LogP contribution in [0.2, 0.25) is 0 Å². The number of hydrogen-bond acceptors (Lipinski definition) is 35. The molecule has 86 heavy (non-hydrogen) atoms. The maximum atomic E-state index is 11.5. The molecule has 0 saturated carbocycles. The molecular weight excluding hydrogens is 1170 g/mol. The minimum Gasteiger partial charge on any atom is -0.394 e. The second kappa shape index (κ2) is 29.2. The lowest BCUT2D eigenvalue weighted by Gasteiger charge is -2.49. The molecule has 0 aromatic carbocycles. The van der Waals surface area contributed by atoms with Crippen molar-refractivity contribution >= 4 is 0 Å². The van der Waals surface area contributed by atoms with Crippen molar-refractivity contribution in [2.24, 2.45) is 0 Å². The molecule has 0 spiro atoms. The summed E-state index contributed by atoms with van der Waals surface area (Å²) in [6, 6.07) is -7.35. The monoisotopic (exact) mass is 1250 g/mol. The first-order chi connectivity index (χ1) is 40.6. The van der Waals surface area contributed by atoms with E-state index in [2.05, 4.69) is 16.0 Å². The van der Waals surface area contributed by atoms with Crippen LogP contribution in [-0.2, 0) is 42.6 Å². The fourth-order valence-corrected chi connectivity index (χ4v) is 12.3. The van der Waals surface area contributed by atoms with Gasteiger partial charge in [0, 0.05) is 0 Å². The van der Waals surface area contributed by atoms with Gasteiger partial charge in [-0.3, -0.25) is 0 Å². The van der Waals surface area contributed by atoms with E-state index >= 15 is 0 Å². The molecule has 5 saturated heterocycles. The maximum absolute atomic E-state index is 11.5. The fourth-order valence-electron chi connectivity index (χ4n) is 12.3. The zero-order chi connectivity index (χ0) is 63.2. The summed E-state index contributed by atoms with van der Waals surface area (Å²) < 4.78 is 51.6. The molecule has 5 aliphatic heterocycles. The average molecular weight is 1250 g/mol. The van der Waals surface area contributed by atoms with Gasteiger partial charge in [0.2, 0.25) is 0 Å². The number of aliphatic hydroxyl groups is 23. The van der Waals surface area contributed by atoms with Gasteiger partial charge in [0.25, 0.3) is 0 Å². The SMILES string of the molecule is C[C@H]1O[C@H](O)[C@H](O)[C@@H](O)[C@@H]1N[C@H]1C=C(CO)[C@@H](O[C@H]2O[C@H](CO)[C@@H](O[C@H]3O[C@H](C)[C@@H](N[C@H]4C=C(CO)[C@@H](O[C@H]5O[C@H](CO)[C@@H](O[C@H]6O[C@H](C)[C@@H](N[C@H]7C=C(CO)[C@@H](O)[C@H](O)[C@H]7O)[C@H](O)[C@H]6O)[C@H](O)[C@H]5O)[C@H](O)[C@H]4O)[C@H](O)[C@H]3O)[C@H](O)[C@H]2O)[C@H](O)[C@H]1O. The minimum atomic E-state index is -2.08. The fraction of sp³-hybridized carbons (Fsp3) is 0.882. The van der Waals surface area contributed by atoms with Gasteiger partial charge in [0.15, 0.2) is 31.5 Å². The Morgan fingerprint density at radius 3 is 1.01 bits per heavy atom. The molecule has 0 unspecified atom stereocenters. The van der Waals surface area contributed by atoms with Crippen LogP contribution < -0.4 is 16.0 Å². The predicted molar refractivity (Wildman–Crippen MR) is 276 cm³/mol. The molecule has 37 atom stereocenters. The topological polar surface area (TPSA) is 584 Å². The van der Waals surface area contributed by atoms with Crippen LogP contribution >= 0.6 is 0 Å². The second-order valence-electron chi connectivity index (χ2n) is 23.1. The van der Waals surface area contributed by atoms with Crippen molar-refractivity contribution in [1.82, 2.24) is 16.0 Å². The summed E-state index contributed by atoms with van der Waals surface area (Å²) in [4.78, 5) is 0. The third kappa shape index (κ3) is 13.9. The summed E-state index contributed by atoms with van der Waals surface area (Å²) >= 11 is 0. The molecule has 35 nitrogen and oxygen atoms in total. The molecule has 5 fully saturated rings. The van der Waals surface area contributed by atoms with Gasteiger partial charge >= 0.3 is 0 Å². The number of rotatable bonds is 19. The predicted octanol–water partition coefficient (Wildman–Crippen LogP) is -14.9. The van der Waals surface area contributed by atoms with Gasteiger partial charge in [-0.1, -0.05) is 18.2 Å². The van der Waals surface area contributed by atoms with Gasteiger partial charge < -0.3 is 176 Å². The Kier molecular flexibility index (Phi) is 23.7. The standard InChI is InChI=1S/C51H85N3O32/c1-12-23(30(64)38(72)47(77)78-12)53-19-5-16(8-56)43(34(68)28(19)62)83-50-41(75)37(71)46(22(11-59)81-50)86-49-40(74)32(66)25(14(3)80-49)54-20-6-17(9-57)44(35(69)29(20)63)84-51-42(76)36(70)45(21(10-58)82-51)85-48-39(73)31(65)24(13(2)79-48)52-18-4-15(7-55)26(60)33(67)27(18)61/h4-6,12-14,18-77H,7-11H2,1-3H3/t12-,13-,14-,18+,19+,20+,21-,22-,23-,24-,25-,26-,27+,28+,29+,30+,31+,32+,33+,34-,35-,36-,37-,38-,39-,40-,41-,42-,43-,44-,45-,46-,47+,48-,49-,50-,51-/m1/s1. The molecular formula is C51H85N3O32. The van der Waals surface area contributed by atoms with Crippen LogP contribution in [0.15, 0.2) is 34.9 Å². The number of aliphatic hydroxyl groups excluding tert-OH is 23. The van der Waals surface area contributed by atoms with Crippen LogP contribution in [0, 0.1) is 0 Å². The molecule has 0 amide bonds. The lowest BCUT2D eigenvalue weighted by molar-refractivity contribution is -0.357. The molecule has 496 valence electrons. The van der Waals surface area contributed by atoms with Crippen LogP contribution in [0.4, 0.5) is 0 Å². The third-order valence-electron chi connectivity index (χ3n) is 17.4.